The first kappa shape index (κ1) is 15.0. The second kappa shape index (κ2) is 6.75. The summed E-state index contributed by atoms with van der Waals surface area (Å²) in [7, 11) is 2.29. The Hall–Kier alpha value is -0.0800. The molecule has 1 aliphatic rings. The van der Waals surface area contributed by atoms with E-state index in [0.29, 0.717) is 11.6 Å². The fourth-order valence-electron chi connectivity index (χ4n) is 3.40. The van der Waals surface area contributed by atoms with Crippen molar-refractivity contribution in [3.05, 3.63) is 0 Å². The molecule has 0 aromatic carbocycles. The molecule has 1 fully saturated rings. The predicted molar refractivity (Wildman–Crippen MR) is 76.2 cm³/mol. The Kier molecular flexibility index (Phi) is 5.94. The number of hydrogen-bond donors (Lipinski definition) is 1. The van der Waals surface area contributed by atoms with E-state index in [9.17, 15) is 0 Å². The molecule has 2 N–H and O–H groups in total. The van der Waals surface area contributed by atoms with Gasteiger partial charge < -0.3 is 5.73 Å². The van der Waals surface area contributed by atoms with Gasteiger partial charge in [0.1, 0.15) is 0 Å². The highest BCUT2D eigenvalue weighted by Crippen LogP contribution is 2.37. The van der Waals surface area contributed by atoms with Gasteiger partial charge in [-0.3, -0.25) is 4.90 Å². The van der Waals surface area contributed by atoms with Crippen LogP contribution >= 0.6 is 0 Å². The molecular weight excluding hydrogens is 208 g/mol. The van der Waals surface area contributed by atoms with E-state index < -0.39 is 0 Å². The molecule has 0 aliphatic heterocycles. The van der Waals surface area contributed by atoms with Crippen LogP contribution in [0.2, 0.25) is 0 Å². The predicted octanol–water partition coefficient (Wildman–Crippen LogP) is 3.40. The zero-order valence-electron chi connectivity index (χ0n) is 12.3. The van der Waals surface area contributed by atoms with Gasteiger partial charge in [0.25, 0.3) is 0 Å². The molecule has 1 aliphatic carbocycles. The van der Waals surface area contributed by atoms with E-state index in [1.54, 1.807) is 0 Å². The zero-order valence-corrected chi connectivity index (χ0v) is 12.3. The largest absolute Gasteiger partial charge is 0.329 e. The summed E-state index contributed by atoms with van der Waals surface area (Å²) in [6, 6.07) is 0.668. The van der Waals surface area contributed by atoms with Gasteiger partial charge in [0.05, 0.1) is 0 Å². The standard InChI is InChI=1S/C15H32N2/c1-5-7-13(3)17(4)15(12-16)10-8-14(6-2)9-11-15/h13-14H,5-12,16H2,1-4H3. The van der Waals surface area contributed by atoms with Crippen LogP contribution in [0.1, 0.15) is 65.7 Å². The Morgan fingerprint density at radius 1 is 1.29 bits per heavy atom. The SMILES string of the molecule is CCCC(C)N(C)C1(CN)CCC(CC)CC1. The van der Waals surface area contributed by atoms with E-state index in [2.05, 4.69) is 32.7 Å². The van der Waals surface area contributed by atoms with Crippen LogP contribution in [0.4, 0.5) is 0 Å². The monoisotopic (exact) mass is 240 g/mol. The fourth-order valence-corrected chi connectivity index (χ4v) is 3.40. The first-order valence-corrected chi connectivity index (χ1v) is 7.52. The van der Waals surface area contributed by atoms with Crippen molar-refractivity contribution >= 4 is 0 Å². The van der Waals surface area contributed by atoms with Crippen molar-refractivity contribution in [2.75, 3.05) is 13.6 Å². The minimum absolute atomic E-state index is 0.292. The van der Waals surface area contributed by atoms with E-state index in [1.807, 2.05) is 0 Å². The normalized spacial score (nSPS) is 31.8. The van der Waals surface area contributed by atoms with Gasteiger partial charge in [0.2, 0.25) is 0 Å². The summed E-state index contributed by atoms with van der Waals surface area (Å²) in [6.45, 7) is 7.78. The molecule has 0 radical (unpaired) electrons. The summed E-state index contributed by atoms with van der Waals surface area (Å²) in [6.07, 6.45) is 9.24. The first-order chi connectivity index (χ1) is 8.09. The van der Waals surface area contributed by atoms with Crippen molar-refractivity contribution in [1.29, 1.82) is 0 Å². The minimum atomic E-state index is 0.292. The first-order valence-electron chi connectivity index (χ1n) is 7.52. The lowest BCUT2D eigenvalue weighted by atomic mass is 9.74. The summed E-state index contributed by atoms with van der Waals surface area (Å²) < 4.78 is 0. The van der Waals surface area contributed by atoms with Crippen molar-refractivity contribution in [1.82, 2.24) is 4.90 Å². The topological polar surface area (TPSA) is 29.3 Å². The molecule has 2 nitrogen and oxygen atoms in total. The molecule has 0 aromatic heterocycles. The second-order valence-corrected chi connectivity index (χ2v) is 6.03. The highest BCUT2D eigenvalue weighted by Gasteiger charge is 2.38. The van der Waals surface area contributed by atoms with Crippen molar-refractivity contribution in [3.63, 3.8) is 0 Å². The van der Waals surface area contributed by atoms with Crippen LogP contribution in [0.5, 0.6) is 0 Å². The molecule has 0 amide bonds. The third kappa shape index (κ3) is 3.45. The third-order valence-electron chi connectivity index (χ3n) is 5.11. The molecule has 0 aromatic rings. The summed E-state index contributed by atoms with van der Waals surface area (Å²) >= 11 is 0. The van der Waals surface area contributed by atoms with Gasteiger partial charge in [-0.15, -0.1) is 0 Å². The van der Waals surface area contributed by atoms with E-state index in [4.69, 9.17) is 5.73 Å². The van der Waals surface area contributed by atoms with Crippen LogP contribution in [-0.4, -0.2) is 30.1 Å². The molecule has 1 saturated carbocycles. The summed E-state index contributed by atoms with van der Waals surface area (Å²) in [5.74, 6) is 0.949. The number of likely N-dealkylation sites (N-methyl/N-ethyl adjacent to an activating group) is 1. The molecule has 102 valence electrons. The molecule has 0 saturated heterocycles. The van der Waals surface area contributed by atoms with Crippen LogP contribution < -0.4 is 5.73 Å². The van der Waals surface area contributed by atoms with Crippen LogP contribution in [0.25, 0.3) is 0 Å². The molecule has 0 heterocycles. The average molecular weight is 240 g/mol. The van der Waals surface area contributed by atoms with Gasteiger partial charge >= 0.3 is 0 Å². The van der Waals surface area contributed by atoms with Crippen LogP contribution in [0, 0.1) is 5.92 Å². The summed E-state index contributed by atoms with van der Waals surface area (Å²) in [4.78, 5) is 2.59. The van der Waals surface area contributed by atoms with Gasteiger partial charge in [-0.05, 0) is 52.0 Å². The highest BCUT2D eigenvalue weighted by molar-refractivity contribution is 4.96. The van der Waals surface area contributed by atoms with Crippen molar-refractivity contribution in [2.45, 2.75) is 77.3 Å². The summed E-state index contributed by atoms with van der Waals surface area (Å²) in [5.41, 5.74) is 6.41. The molecular formula is C15H32N2. The van der Waals surface area contributed by atoms with Gasteiger partial charge in [-0.2, -0.15) is 0 Å². The van der Waals surface area contributed by atoms with Crippen molar-refractivity contribution < 1.29 is 0 Å². The van der Waals surface area contributed by atoms with E-state index in [1.165, 1.54) is 44.9 Å². The zero-order chi connectivity index (χ0) is 12.9. The minimum Gasteiger partial charge on any atom is -0.329 e. The second-order valence-electron chi connectivity index (χ2n) is 6.03. The van der Waals surface area contributed by atoms with Gasteiger partial charge in [-0.25, -0.2) is 0 Å². The molecule has 1 atom stereocenters. The Bertz CT molecular complexity index is 207. The third-order valence-corrected chi connectivity index (χ3v) is 5.11. The molecule has 1 unspecified atom stereocenters. The highest BCUT2D eigenvalue weighted by atomic mass is 15.2. The van der Waals surface area contributed by atoms with E-state index in [-0.39, 0.29) is 0 Å². The maximum absolute atomic E-state index is 6.12. The molecule has 1 rings (SSSR count). The maximum atomic E-state index is 6.12. The Morgan fingerprint density at radius 3 is 2.29 bits per heavy atom. The molecule has 17 heavy (non-hydrogen) atoms. The van der Waals surface area contributed by atoms with Gasteiger partial charge in [0, 0.05) is 18.1 Å². The Labute approximate surface area is 108 Å². The average Bonchev–Trinajstić information content (AvgIpc) is 2.38. The smallest absolute Gasteiger partial charge is 0.0331 e. The quantitative estimate of drug-likeness (QED) is 0.771. The Balaban J connectivity index is 2.63. The lowest BCUT2D eigenvalue weighted by molar-refractivity contribution is 0.0322. The van der Waals surface area contributed by atoms with Gasteiger partial charge in [0.15, 0.2) is 0 Å². The number of rotatable bonds is 6. The number of hydrogen-bond acceptors (Lipinski definition) is 2. The summed E-state index contributed by atoms with van der Waals surface area (Å²) in [5, 5.41) is 0. The molecule has 0 spiro atoms. The van der Waals surface area contributed by atoms with Crippen molar-refractivity contribution in [2.24, 2.45) is 11.7 Å². The van der Waals surface area contributed by atoms with Crippen LogP contribution in [-0.2, 0) is 0 Å². The Morgan fingerprint density at radius 2 is 1.88 bits per heavy atom. The lowest BCUT2D eigenvalue weighted by Gasteiger charge is -2.48. The molecule has 2 heteroatoms. The van der Waals surface area contributed by atoms with Crippen LogP contribution in [0.15, 0.2) is 0 Å². The number of nitrogens with zero attached hydrogens (tertiary/aromatic N) is 1. The fraction of sp³-hybridized carbons (Fsp3) is 1.00. The number of nitrogens with two attached hydrogens (primary N) is 1. The van der Waals surface area contributed by atoms with E-state index in [0.717, 1.165) is 12.5 Å². The molecule has 0 bridgehead atoms. The van der Waals surface area contributed by atoms with Crippen LogP contribution in [0.3, 0.4) is 0 Å². The maximum Gasteiger partial charge on any atom is 0.0331 e. The lowest BCUT2D eigenvalue weighted by Crippen LogP contribution is -2.56. The van der Waals surface area contributed by atoms with E-state index >= 15 is 0 Å². The van der Waals surface area contributed by atoms with Gasteiger partial charge in [-0.1, -0.05) is 26.7 Å². The van der Waals surface area contributed by atoms with Crippen molar-refractivity contribution in [3.8, 4) is 0 Å².